The van der Waals surface area contributed by atoms with Gasteiger partial charge >= 0.3 is 0 Å². The first-order valence-corrected chi connectivity index (χ1v) is 13.4. The maximum Gasteiger partial charge on any atom is 0.244 e. The van der Waals surface area contributed by atoms with Gasteiger partial charge in [0.2, 0.25) is 21.8 Å². The second-order valence-corrected chi connectivity index (χ2v) is 11.0. The highest BCUT2D eigenvalue weighted by atomic mass is 35.5. The van der Waals surface area contributed by atoms with Crippen LogP contribution in [0.4, 0.5) is 5.69 Å². The lowest BCUT2D eigenvalue weighted by molar-refractivity contribution is -0.139. The number of sulfonamides is 1. The van der Waals surface area contributed by atoms with Gasteiger partial charge in [-0.1, -0.05) is 48.4 Å². The summed E-state index contributed by atoms with van der Waals surface area (Å²) >= 11 is 6.04. The minimum atomic E-state index is -3.79. The normalized spacial score (nSPS) is 13.1. The molecule has 2 amide bonds. The van der Waals surface area contributed by atoms with Crippen LogP contribution in [-0.2, 0) is 26.2 Å². The molecule has 0 saturated carbocycles. The third-order valence-electron chi connectivity index (χ3n) is 5.75. The standard InChI is InChI=1S/C25H34ClN3O4S/c1-7-19(4)27-25(31)20(5)28(15-21-10-8-17(2)9-11-21)24(30)16-29(34(6,32)33)23-13-12-22(26)14-18(23)3/h8-14,19-20H,7,15-16H2,1-6H3,(H,27,31)/t19-,20-/m1/s1. The van der Waals surface area contributed by atoms with Crippen molar-refractivity contribution in [2.75, 3.05) is 17.1 Å². The molecule has 0 aliphatic heterocycles. The molecule has 0 heterocycles. The van der Waals surface area contributed by atoms with Crippen LogP contribution in [0.3, 0.4) is 0 Å². The largest absolute Gasteiger partial charge is 0.352 e. The molecule has 2 aromatic rings. The van der Waals surface area contributed by atoms with E-state index in [0.29, 0.717) is 16.3 Å². The maximum atomic E-state index is 13.5. The van der Waals surface area contributed by atoms with Crippen LogP contribution in [0.2, 0.25) is 5.02 Å². The SMILES string of the molecule is CC[C@@H](C)NC(=O)[C@@H](C)N(Cc1ccc(C)cc1)C(=O)CN(c1ccc(Cl)cc1C)S(C)(=O)=O. The minimum absolute atomic E-state index is 0.0458. The predicted octanol–water partition coefficient (Wildman–Crippen LogP) is 4.05. The molecule has 7 nitrogen and oxygen atoms in total. The Hall–Kier alpha value is -2.58. The number of nitrogens with one attached hydrogen (secondary N) is 1. The van der Waals surface area contributed by atoms with Gasteiger partial charge in [0.05, 0.1) is 11.9 Å². The van der Waals surface area contributed by atoms with E-state index in [9.17, 15) is 18.0 Å². The summed E-state index contributed by atoms with van der Waals surface area (Å²) in [6.07, 6.45) is 1.81. The third-order valence-corrected chi connectivity index (χ3v) is 7.11. The molecule has 2 aromatic carbocycles. The second kappa shape index (κ2) is 11.7. The molecule has 0 saturated heterocycles. The van der Waals surface area contributed by atoms with Crippen molar-refractivity contribution in [3.05, 3.63) is 64.2 Å². The van der Waals surface area contributed by atoms with Crippen LogP contribution in [0.5, 0.6) is 0 Å². The van der Waals surface area contributed by atoms with E-state index in [-0.39, 0.29) is 18.5 Å². The van der Waals surface area contributed by atoms with Gasteiger partial charge < -0.3 is 10.2 Å². The van der Waals surface area contributed by atoms with Gasteiger partial charge in [-0.15, -0.1) is 0 Å². The van der Waals surface area contributed by atoms with Crippen molar-refractivity contribution in [2.24, 2.45) is 0 Å². The molecular weight excluding hydrogens is 474 g/mol. The summed E-state index contributed by atoms with van der Waals surface area (Å²) in [5.41, 5.74) is 2.91. The summed E-state index contributed by atoms with van der Waals surface area (Å²) in [6.45, 7) is 8.94. The Bertz CT molecular complexity index is 1120. The highest BCUT2D eigenvalue weighted by Gasteiger charge is 2.30. The van der Waals surface area contributed by atoms with Crippen molar-refractivity contribution in [1.29, 1.82) is 0 Å². The summed E-state index contributed by atoms with van der Waals surface area (Å²) in [7, 11) is -3.79. The lowest BCUT2D eigenvalue weighted by atomic mass is 10.1. The second-order valence-electron chi connectivity index (χ2n) is 8.70. The molecule has 0 fully saturated rings. The number of benzene rings is 2. The van der Waals surface area contributed by atoms with Crippen LogP contribution in [0.25, 0.3) is 0 Å². The number of aryl methyl sites for hydroxylation is 2. The first-order valence-electron chi connectivity index (χ1n) is 11.2. The van der Waals surface area contributed by atoms with E-state index in [1.807, 2.05) is 45.0 Å². The van der Waals surface area contributed by atoms with Crippen LogP contribution in [0.15, 0.2) is 42.5 Å². The van der Waals surface area contributed by atoms with E-state index in [2.05, 4.69) is 5.32 Å². The zero-order valence-electron chi connectivity index (χ0n) is 20.6. The quantitative estimate of drug-likeness (QED) is 0.525. The average Bonchev–Trinajstić information content (AvgIpc) is 2.76. The van der Waals surface area contributed by atoms with Crippen LogP contribution < -0.4 is 9.62 Å². The minimum Gasteiger partial charge on any atom is -0.352 e. The summed E-state index contributed by atoms with van der Waals surface area (Å²) in [6, 6.07) is 11.6. The van der Waals surface area contributed by atoms with E-state index >= 15 is 0 Å². The van der Waals surface area contributed by atoms with Crippen molar-refractivity contribution in [3.8, 4) is 0 Å². The molecular formula is C25H34ClN3O4S. The molecule has 0 unspecified atom stereocenters. The van der Waals surface area contributed by atoms with Gasteiger partial charge in [-0.05, 0) is 63.4 Å². The lowest BCUT2D eigenvalue weighted by Crippen LogP contribution is -2.52. The molecule has 0 radical (unpaired) electrons. The topological polar surface area (TPSA) is 86.8 Å². The molecule has 0 aliphatic carbocycles. The van der Waals surface area contributed by atoms with E-state index in [1.165, 1.54) is 4.90 Å². The molecule has 2 atom stereocenters. The maximum absolute atomic E-state index is 13.5. The van der Waals surface area contributed by atoms with Gasteiger partial charge in [-0.25, -0.2) is 8.42 Å². The van der Waals surface area contributed by atoms with E-state index in [0.717, 1.165) is 28.1 Å². The number of nitrogens with zero attached hydrogens (tertiary/aromatic N) is 2. The van der Waals surface area contributed by atoms with Gasteiger partial charge in [-0.3, -0.25) is 13.9 Å². The van der Waals surface area contributed by atoms with Crippen molar-refractivity contribution in [1.82, 2.24) is 10.2 Å². The Labute approximate surface area is 208 Å². The smallest absolute Gasteiger partial charge is 0.244 e. The highest BCUT2D eigenvalue weighted by molar-refractivity contribution is 7.92. The fraction of sp³-hybridized carbons (Fsp3) is 0.440. The molecule has 34 heavy (non-hydrogen) atoms. The Morgan fingerprint density at radius 1 is 1.06 bits per heavy atom. The van der Waals surface area contributed by atoms with E-state index in [4.69, 9.17) is 11.6 Å². The number of rotatable bonds is 10. The first-order chi connectivity index (χ1) is 15.8. The predicted molar refractivity (Wildman–Crippen MR) is 137 cm³/mol. The van der Waals surface area contributed by atoms with Gasteiger partial charge in [0.15, 0.2) is 0 Å². The van der Waals surface area contributed by atoms with Crippen LogP contribution in [0, 0.1) is 13.8 Å². The zero-order valence-corrected chi connectivity index (χ0v) is 22.2. The first kappa shape index (κ1) is 27.7. The Kier molecular flexibility index (Phi) is 9.53. The summed E-state index contributed by atoms with van der Waals surface area (Å²) in [5, 5.41) is 3.38. The Balaban J connectivity index is 2.41. The van der Waals surface area contributed by atoms with Crippen LogP contribution >= 0.6 is 11.6 Å². The van der Waals surface area contributed by atoms with E-state index < -0.39 is 28.5 Å². The number of halogens is 1. The zero-order chi connectivity index (χ0) is 25.6. The number of amides is 2. The number of hydrogen-bond acceptors (Lipinski definition) is 4. The third kappa shape index (κ3) is 7.46. The Morgan fingerprint density at radius 3 is 2.21 bits per heavy atom. The highest BCUT2D eigenvalue weighted by Crippen LogP contribution is 2.26. The van der Waals surface area contributed by atoms with Crippen molar-refractivity contribution >= 4 is 39.1 Å². The molecule has 0 aromatic heterocycles. The van der Waals surface area contributed by atoms with E-state index in [1.54, 1.807) is 32.0 Å². The van der Waals surface area contributed by atoms with Gasteiger partial charge in [0, 0.05) is 17.6 Å². The summed E-state index contributed by atoms with van der Waals surface area (Å²) in [5.74, 6) is -0.768. The molecule has 2 rings (SSSR count). The van der Waals surface area contributed by atoms with Gasteiger partial charge in [0.1, 0.15) is 12.6 Å². The van der Waals surface area contributed by atoms with Crippen molar-refractivity contribution in [2.45, 2.75) is 59.7 Å². The number of carbonyl (C=O) groups excluding carboxylic acids is 2. The number of carbonyl (C=O) groups is 2. The lowest BCUT2D eigenvalue weighted by Gasteiger charge is -2.32. The summed E-state index contributed by atoms with van der Waals surface area (Å²) < 4.78 is 26.4. The van der Waals surface area contributed by atoms with Crippen molar-refractivity contribution < 1.29 is 18.0 Å². The van der Waals surface area contributed by atoms with Crippen LogP contribution in [-0.4, -0.2) is 50.0 Å². The monoisotopic (exact) mass is 507 g/mol. The fourth-order valence-electron chi connectivity index (χ4n) is 3.43. The molecule has 186 valence electrons. The molecule has 0 aliphatic rings. The Morgan fingerprint density at radius 2 is 1.68 bits per heavy atom. The van der Waals surface area contributed by atoms with Crippen LogP contribution in [0.1, 0.15) is 43.9 Å². The molecule has 0 spiro atoms. The number of anilines is 1. The van der Waals surface area contributed by atoms with Gasteiger partial charge in [-0.2, -0.15) is 0 Å². The summed E-state index contributed by atoms with van der Waals surface area (Å²) in [4.78, 5) is 27.9. The van der Waals surface area contributed by atoms with Crippen molar-refractivity contribution in [3.63, 3.8) is 0 Å². The molecule has 0 bridgehead atoms. The van der Waals surface area contributed by atoms with Gasteiger partial charge in [0.25, 0.3) is 0 Å². The average molecular weight is 508 g/mol. The number of hydrogen-bond donors (Lipinski definition) is 1. The fourth-order valence-corrected chi connectivity index (χ4v) is 4.57. The molecule has 9 heteroatoms. The molecule has 1 N–H and O–H groups in total.